The van der Waals surface area contributed by atoms with E-state index >= 15 is 0 Å². The fourth-order valence-electron chi connectivity index (χ4n) is 1.01. The Labute approximate surface area is 107 Å². The number of rotatable bonds is 3. The van der Waals surface area contributed by atoms with Crippen molar-refractivity contribution in [2.45, 2.75) is 12.2 Å². The summed E-state index contributed by atoms with van der Waals surface area (Å²) >= 11 is 2.97. The number of carbonyl (C=O) groups excluding carboxylic acids is 1. The molecule has 7 heteroatoms. The zero-order valence-corrected chi connectivity index (χ0v) is 11.6. The summed E-state index contributed by atoms with van der Waals surface area (Å²) in [4.78, 5) is 11.5. The fourth-order valence-corrected chi connectivity index (χ4v) is 1.71. The molecule has 94 valence electrons. The third-order valence-electron chi connectivity index (χ3n) is 2.20. The normalized spacial score (nSPS) is 13.2. The van der Waals surface area contributed by atoms with Crippen LogP contribution >= 0.6 is 15.9 Å². The number of benzene rings is 1. The molecule has 0 aliphatic carbocycles. The SMILES string of the molecule is CC(C(=O)Nc1ccc(Br)c(F)c1)S(C)(=O)=O. The molecule has 0 saturated carbocycles. The molecule has 0 aromatic heterocycles. The minimum absolute atomic E-state index is 0.214. The number of amides is 1. The predicted molar refractivity (Wildman–Crippen MR) is 67.0 cm³/mol. The van der Waals surface area contributed by atoms with Crippen molar-refractivity contribution in [1.29, 1.82) is 0 Å². The van der Waals surface area contributed by atoms with Gasteiger partial charge in [-0.2, -0.15) is 0 Å². The molecule has 0 aliphatic heterocycles. The first-order valence-corrected chi connectivity index (χ1v) is 7.41. The van der Waals surface area contributed by atoms with Gasteiger partial charge in [-0.25, -0.2) is 12.8 Å². The molecule has 0 spiro atoms. The Hall–Kier alpha value is -0.950. The van der Waals surface area contributed by atoms with E-state index in [1.807, 2.05) is 0 Å². The Morgan fingerprint density at radius 3 is 2.53 bits per heavy atom. The maximum absolute atomic E-state index is 13.1. The van der Waals surface area contributed by atoms with Gasteiger partial charge in [0.25, 0.3) is 0 Å². The number of carbonyl (C=O) groups is 1. The lowest BCUT2D eigenvalue weighted by Gasteiger charge is -2.10. The summed E-state index contributed by atoms with van der Waals surface area (Å²) in [6.07, 6.45) is 0.972. The Balaban J connectivity index is 2.85. The largest absolute Gasteiger partial charge is 0.325 e. The number of hydrogen-bond acceptors (Lipinski definition) is 3. The van der Waals surface area contributed by atoms with E-state index in [0.717, 1.165) is 12.3 Å². The summed E-state index contributed by atoms with van der Waals surface area (Å²) in [5.74, 6) is -1.22. The number of sulfone groups is 1. The van der Waals surface area contributed by atoms with Gasteiger partial charge in [0, 0.05) is 11.9 Å². The van der Waals surface area contributed by atoms with Gasteiger partial charge < -0.3 is 5.32 Å². The van der Waals surface area contributed by atoms with Crippen LogP contribution in [0.1, 0.15) is 6.92 Å². The monoisotopic (exact) mass is 323 g/mol. The van der Waals surface area contributed by atoms with E-state index in [-0.39, 0.29) is 10.2 Å². The highest BCUT2D eigenvalue weighted by Crippen LogP contribution is 2.19. The zero-order chi connectivity index (χ0) is 13.2. The lowest BCUT2D eigenvalue weighted by Crippen LogP contribution is -2.31. The van der Waals surface area contributed by atoms with Gasteiger partial charge in [-0.3, -0.25) is 4.79 Å². The second-order valence-corrected chi connectivity index (χ2v) is 6.81. The van der Waals surface area contributed by atoms with Crippen molar-refractivity contribution in [1.82, 2.24) is 0 Å². The van der Waals surface area contributed by atoms with Gasteiger partial charge in [-0.1, -0.05) is 0 Å². The van der Waals surface area contributed by atoms with Crippen LogP contribution in [0.15, 0.2) is 22.7 Å². The van der Waals surface area contributed by atoms with E-state index < -0.39 is 26.8 Å². The van der Waals surface area contributed by atoms with E-state index in [2.05, 4.69) is 21.2 Å². The smallest absolute Gasteiger partial charge is 0.242 e. The van der Waals surface area contributed by atoms with Gasteiger partial charge in [0.2, 0.25) is 5.91 Å². The molecule has 0 saturated heterocycles. The molecular formula is C10H11BrFNO3S. The first-order chi connectivity index (χ1) is 7.71. The minimum Gasteiger partial charge on any atom is -0.325 e. The average Bonchev–Trinajstić information content (AvgIpc) is 2.21. The van der Waals surface area contributed by atoms with E-state index in [0.29, 0.717) is 0 Å². The summed E-state index contributed by atoms with van der Waals surface area (Å²) in [5.41, 5.74) is 0.214. The Morgan fingerprint density at radius 2 is 2.06 bits per heavy atom. The Kier molecular flexibility index (Phi) is 4.26. The van der Waals surface area contributed by atoms with Crippen molar-refractivity contribution in [2.24, 2.45) is 0 Å². The molecule has 0 aliphatic rings. The van der Waals surface area contributed by atoms with Crippen LogP contribution in [0.5, 0.6) is 0 Å². The summed E-state index contributed by atoms with van der Waals surface area (Å²) in [6, 6.07) is 4.01. The molecule has 1 N–H and O–H groups in total. The molecule has 1 atom stereocenters. The van der Waals surface area contributed by atoms with Gasteiger partial charge >= 0.3 is 0 Å². The minimum atomic E-state index is -3.46. The first-order valence-electron chi connectivity index (χ1n) is 4.66. The molecule has 4 nitrogen and oxygen atoms in total. The van der Waals surface area contributed by atoms with E-state index in [9.17, 15) is 17.6 Å². The second kappa shape index (κ2) is 5.14. The fraction of sp³-hybridized carbons (Fsp3) is 0.300. The van der Waals surface area contributed by atoms with E-state index in [4.69, 9.17) is 0 Å². The van der Waals surface area contributed by atoms with Crippen molar-refractivity contribution in [3.63, 3.8) is 0 Å². The summed E-state index contributed by atoms with van der Waals surface area (Å²) in [7, 11) is -3.46. The summed E-state index contributed by atoms with van der Waals surface area (Å²) in [5, 5.41) is 1.17. The van der Waals surface area contributed by atoms with Crippen LogP contribution in [-0.4, -0.2) is 25.8 Å². The van der Waals surface area contributed by atoms with Crippen LogP contribution in [0.3, 0.4) is 0 Å². The van der Waals surface area contributed by atoms with Crippen LogP contribution in [0.25, 0.3) is 0 Å². The highest BCUT2D eigenvalue weighted by atomic mass is 79.9. The van der Waals surface area contributed by atoms with Crippen molar-refractivity contribution in [3.8, 4) is 0 Å². The van der Waals surface area contributed by atoms with E-state index in [1.165, 1.54) is 19.1 Å². The Bertz CT molecular complexity index is 544. The molecule has 1 unspecified atom stereocenters. The Morgan fingerprint density at radius 1 is 1.47 bits per heavy atom. The van der Waals surface area contributed by atoms with Crippen molar-refractivity contribution >= 4 is 37.4 Å². The van der Waals surface area contributed by atoms with Crippen LogP contribution < -0.4 is 5.32 Å². The molecule has 0 bridgehead atoms. The number of halogens is 2. The average molecular weight is 324 g/mol. The van der Waals surface area contributed by atoms with E-state index in [1.54, 1.807) is 0 Å². The lowest BCUT2D eigenvalue weighted by atomic mass is 10.3. The van der Waals surface area contributed by atoms with Crippen LogP contribution in [0.2, 0.25) is 0 Å². The second-order valence-electron chi connectivity index (χ2n) is 3.59. The standard InChI is InChI=1S/C10H11BrFNO3S/c1-6(17(2,15)16)10(14)13-7-3-4-8(11)9(12)5-7/h3-6H,1-2H3,(H,13,14). The first kappa shape index (κ1) is 14.1. The molecule has 1 aromatic rings. The summed E-state index contributed by atoms with van der Waals surface area (Å²) in [6.45, 7) is 1.28. The zero-order valence-electron chi connectivity index (χ0n) is 9.20. The third kappa shape index (κ3) is 3.78. The molecule has 0 fully saturated rings. The topological polar surface area (TPSA) is 63.2 Å². The molecule has 1 amide bonds. The van der Waals surface area contributed by atoms with Crippen LogP contribution in [0, 0.1) is 5.82 Å². The maximum Gasteiger partial charge on any atom is 0.242 e. The highest BCUT2D eigenvalue weighted by Gasteiger charge is 2.23. The van der Waals surface area contributed by atoms with Crippen LogP contribution in [0.4, 0.5) is 10.1 Å². The highest BCUT2D eigenvalue weighted by molar-refractivity contribution is 9.10. The third-order valence-corrected chi connectivity index (χ3v) is 4.34. The number of nitrogens with one attached hydrogen (secondary N) is 1. The molecule has 0 heterocycles. The van der Waals surface area contributed by atoms with Gasteiger partial charge in [-0.05, 0) is 41.1 Å². The lowest BCUT2D eigenvalue weighted by molar-refractivity contribution is -0.115. The molecule has 1 aromatic carbocycles. The van der Waals surface area contributed by atoms with Crippen molar-refractivity contribution in [2.75, 3.05) is 11.6 Å². The quantitative estimate of drug-likeness (QED) is 0.924. The van der Waals surface area contributed by atoms with Crippen molar-refractivity contribution in [3.05, 3.63) is 28.5 Å². The number of anilines is 1. The van der Waals surface area contributed by atoms with Crippen molar-refractivity contribution < 1.29 is 17.6 Å². The van der Waals surface area contributed by atoms with Gasteiger partial charge in [0.15, 0.2) is 9.84 Å². The summed E-state index contributed by atoms with van der Waals surface area (Å²) < 4.78 is 35.7. The van der Waals surface area contributed by atoms with Crippen LogP contribution in [-0.2, 0) is 14.6 Å². The molecule has 1 rings (SSSR count). The molecule has 17 heavy (non-hydrogen) atoms. The molecule has 0 radical (unpaired) electrons. The van der Waals surface area contributed by atoms with Gasteiger partial charge in [0.05, 0.1) is 4.47 Å². The predicted octanol–water partition coefficient (Wildman–Crippen LogP) is 1.96. The van der Waals surface area contributed by atoms with Gasteiger partial charge in [-0.15, -0.1) is 0 Å². The molecular weight excluding hydrogens is 313 g/mol. The van der Waals surface area contributed by atoms with Gasteiger partial charge in [0.1, 0.15) is 11.1 Å². The number of hydrogen-bond donors (Lipinski definition) is 1. The maximum atomic E-state index is 13.1.